The van der Waals surface area contributed by atoms with Gasteiger partial charge in [-0.15, -0.1) is 11.3 Å². The first-order valence-electron chi connectivity index (χ1n) is 7.47. The van der Waals surface area contributed by atoms with Crippen molar-refractivity contribution in [2.24, 2.45) is 7.05 Å². The van der Waals surface area contributed by atoms with Crippen LogP contribution in [0.4, 0.5) is 4.39 Å². The van der Waals surface area contributed by atoms with Crippen molar-refractivity contribution in [3.8, 4) is 10.6 Å². The molecule has 1 aromatic carbocycles. The Bertz CT molecular complexity index is 886. The fourth-order valence-corrected chi connectivity index (χ4v) is 3.54. The molecule has 5 nitrogen and oxygen atoms in total. The molecule has 0 saturated heterocycles. The fraction of sp³-hybridized carbons (Fsp3) is 0.235. The summed E-state index contributed by atoms with van der Waals surface area (Å²) in [5.41, 5.74) is 1.76. The summed E-state index contributed by atoms with van der Waals surface area (Å²) in [5, 5.41) is 7.54. The van der Waals surface area contributed by atoms with E-state index in [4.69, 9.17) is 0 Å². The van der Waals surface area contributed by atoms with Crippen molar-refractivity contribution in [2.75, 3.05) is 0 Å². The molecule has 0 radical (unpaired) electrons. The van der Waals surface area contributed by atoms with Gasteiger partial charge in [-0.05, 0) is 26.0 Å². The molecule has 0 aliphatic rings. The number of amides is 1. The van der Waals surface area contributed by atoms with Gasteiger partial charge in [0.25, 0.3) is 5.91 Å². The topological polar surface area (TPSA) is 59.8 Å². The first-order valence-corrected chi connectivity index (χ1v) is 8.29. The SMILES string of the molecule is Cc1nc(-c2ccccc2F)sc1[C@@H](C)NC(=O)c1cnn(C)c1. The molecule has 2 aromatic heterocycles. The molecule has 3 rings (SSSR count). The number of hydrogen-bond donors (Lipinski definition) is 1. The number of aryl methyl sites for hydroxylation is 2. The van der Waals surface area contributed by atoms with Gasteiger partial charge in [0.1, 0.15) is 10.8 Å². The van der Waals surface area contributed by atoms with Crippen molar-refractivity contribution < 1.29 is 9.18 Å². The van der Waals surface area contributed by atoms with Crippen LogP contribution < -0.4 is 5.32 Å². The Balaban J connectivity index is 1.82. The standard InChI is InChI=1S/C17H17FN4OS/c1-10(20-16(23)12-8-19-22(3)9-12)15-11(2)21-17(24-15)13-6-4-5-7-14(13)18/h4-10H,1-3H3,(H,20,23)/t10-/m1/s1. The van der Waals surface area contributed by atoms with Crippen molar-refractivity contribution >= 4 is 17.2 Å². The van der Waals surface area contributed by atoms with E-state index in [1.165, 1.54) is 23.6 Å². The second-order valence-corrected chi connectivity index (χ2v) is 6.58. The molecule has 1 amide bonds. The van der Waals surface area contributed by atoms with Crippen LogP contribution in [0.3, 0.4) is 0 Å². The van der Waals surface area contributed by atoms with E-state index >= 15 is 0 Å². The molecule has 0 bridgehead atoms. The fourth-order valence-electron chi connectivity index (χ4n) is 2.44. The van der Waals surface area contributed by atoms with E-state index in [0.717, 1.165) is 10.6 Å². The lowest BCUT2D eigenvalue weighted by Crippen LogP contribution is -2.26. The Labute approximate surface area is 143 Å². The van der Waals surface area contributed by atoms with Crippen LogP contribution in [0, 0.1) is 12.7 Å². The molecule has 3 aromatic rings. The molecule has 0 aliphatic carbocycles. The summed E-state index contributed by atoms with van der Waals surface area (Å²) >= 11 is 1.39. The molecule has 1 N–H and O–H groups in total. The van der Waals surface area contributed by atoms with Crippen LogP contribution in [0.25, 0.3) is 10.6 Å². The molecule has 1 atom stereocenters. The predicted octanol–water partition coefficient (Wildman–Crippen LogP) is 3.48. The average Bonchev–Trinajstić information content (AvgIpc) is 3.14. The second kappa shape index (κ2) is 6.52. The van der Waals surface area contributed by atoms with E-state index in [-0.39, 0.29) is 17.8 Å². The lowest BCUT2D eigenvalue weighted by Gasteiger charge is -2.11. The number of aromatic nitrogens is 3. The number of nitrogens with one attached hydrogen (secondary N) is 1. The van der Waals surface area contributed by atoms with Gasteiger partial charge in [-0.25, -0.2) is 9.37 Å². The zero-order valence-corrected chi connectivity index (χ0v) is 14.4. The summed E-state index contributed by atoms with van der Waals surface area (Å²) in [7, 11) is 1.76. The van der Waals surface area contributed by atoms with Gasteiger partial charge in [-0.3, -0.25) is 9.48 Å². The van der Waals surface area contributed by atoms with Crippen LogP contribution >= 0.6 is 11.3 Å². The molecule has 7 heteroatoms. The summed E-state index contributed by atoms with van der Waals surface area (Å²) in [6.07, 6.45) is 3.18. The first-order chi connectivity index (χ1) is 11.5. The van der Waals surface area contributed by atoms with E-state index in [0.29, 0.717) is 16.1 Å². The van der Waals surface area contributed by atoms with Crippen molar-refractivity contribution in [2.45, 2.75) is 19.9 Å². The molecule has 124 valence electrons. The molecule has 0 unspecified atom stereocenters. The maximum absolute atomic E-state index is 13.9. The number of thiazole rings is 1. The highest BCUT2D eigenvalue weighted by atomic mass is 32.1. The summed E-state index contributed by atoms with van der Waals surface area (Å²) in [6.45, 7) is 3.75. The Morgan fingerprint density at radius 1 is 1.38 bits per heavy atom. The average molecular weight is 344 g/mol. The van der Waals surface area contributed by atoms with Crippen LogP contribution in [0.5, 0.6) is 0 Å². The number of rotatable bonds is 4. The van der Waals surface area contributed by atoms with E-state index in [1.807, 2.05) is 13.8 Å². The van der Waals surface area contributed by atoms with Gasteiger partial charge in [-0.1, -0.05) is 12.1 Å². The number of benzene rings is 1. The summed E-state index contributed by atoms with van der Waals surface area (Å²) < 4.78 is 15.5. The Hall–Kier alpha value is -2.54. The minimum Gasteiger partial charge on any atom is -0.345 e. The van der Waals surface area contributed by atoms with Crippen LogP contribution in [0.1, 0.15) is 33.9 Å². The zero-order chi connectivity index (χ0) is 17.3. The third kappa shape index (κ3) is 3.21. The number of hydrogen-bond acceptors (Lipinski definition) is 4. The molecular weight excluding hydrogens is 327 g/mol. The minimum atomic E-state index is -0.301. The summed E-state index contributed by atoms with van der Waals surface area (Å²) in [6, 6.07) is 6.32. The molecule has 24 heavy (non-hydrogen) atoms. The van der Waals surface area contributed by atoms with Gasteiger partial charge < -0.3 is 5.32 Å². The highest BCUT2D eigenvalue weighted by Crippen LogP contribution is 2.33. The summed E-state index contributed by atoms with van der Waals surface area (Å²) in [4.78, 5) is 17.6. The van der Waals surface area contributed by atoms with Gasteiger partial charge in [0.2, 0.25) is 0 Å². The van der Waals surface area contributed by atoms with Crippen molar-refractivity contribution in [1.82, 2.24) is 20.1 Å². The molecule has 2 heterocycles. The highest BCUT2D eigenvalue weighted by Gasteiger charge is 2.19. The number of nitrogens with zero attached hydrogens (tertiary/aromatic N) is 3. The minimum absolute atomic E-state index is 0.198. The van der Waals surface area contributed by atoms with Crippen molar-refractivity contribution in [3.63, 3.8) is 0 Å². The van der Waals surface area contributed by atoms with E-state index < -0.39 is 0 Å². The Kier molecular flexibility index (Phi) is 4.44. The second-order valence-electron chi connectivity index (χ2n) is 5.55. The Morgan fingerprint density at radius 2 is 2.12 bits per heavy atom. The maximum Gasteiger partial charge on any atom is 0.254 e. The summed E-state index contributed by atoms with van der Waals surface area (Å²) in [5.74, 6) is -0.499. The molecule has 0 fully saturated rings. The normalized spacial score (nSPS) is 12.2. The van der Waals surface area contributed by atoms with Crippen LogP contribution in [-0.2, 0) is 7.05 Å². The lowest BCUT2D eigenvalue weighted by atomic mass is 10.2. The van der Waals surface area contributed by atoms with E-state index in [9.17, 15) is 9.18 Å². The molecule has 0 aliphatic heterocycles. The van der Waals surface area contributed by atoms with Gasteiger partial charge in [-0.2, -0.15) is 5.10 Å². The smallest absolute Gasteiger partial charge is 0.254 e. The third-order valence-corrected chi connectivity index (χ3v) is 5.02. The molecular formula is C17H17FN4OS. The highest BCUT2D eigenvalue weighted by molar-refractivity contribution is 7.15. The van der Waals surface area contributed by atoms with Crippen LogP contribution in [-0.4, -0.2) is 20.7 Å². The van der Waals surface area contributed by atoms with E-state index in [1.54, 1.807) is 36.1 Å². The van der Waals surface area contributed by atoms with Gasteiger partial charge >= 0.3 is 0 Å². The van der Waals surface area contributed by atoms with Crippen LogP contribution in [0.15, 0.2) is 36.7 Å². The number of halogens is 1. The first kappa shape index (κ1) is 16.3. The van der Waals surface area contributed by atoms with Gasteiger partial charge in [0, 0.05) is 18.8 Å². The maximum atomic E-state index is 13.9. The van der Waals surface area contributed by atoms with Gasteiger partial charge in [0.05, 0.1) is 28.4 Å². The monoisotopic (exact) mass is 344 g/mol. The number of carbonyl (C=O) groups is 1. The third-order valence-electron chi connectivity index (χ3n) is 3.64. The number of carbonyl (C=O) groups excluding carboxylic acids is 1. The zero-order valence-electron chi connectivity index (χ0n) is 13.6. The predicted molar refractivity (Wildman–Crippen MR) is 91.3 cm³/mol. The molecule has 0 spiro atoms. The quantitative estimate of drug-likeness (QED) is 0.788. The lowest BCUT2D eigenvalue weighted by molar-refractivity contribution is 0.0940. The largest absolute Gasteiger partial charge is 0.345 e. The Morgan fingerprint density at radius 3 is 2.79 bits per heavy atom. The van der Waals surface area contributed by atoms with Gasteiger partial charge in [0.15, 0.2) is 0 Å². The van der Waals surface area contributed by atoms with E-state index in [2.05, 4.69) is 15.4 Å². The molecule has 0 saturated carbocycles. The van der Waals surface area contributed by atoms with Crippen molar-refractivity contribution in [1.29, 1.82) is 0 Å². The van der Waals surface area contributed by atoms with Crippen molar-refractivity contribution in [3.05, 3.63) is 58.6 Å². The van der Waals surface area contributed by atoms with Crippen LogP contribution in [0.2, 0.25) is 0 Å².